The Morgan fingerprint density at radius 2 is 1.88 bits per heavy atom. The van der Waals surface area contributed by atoms with Crippen LogP contribution in [0.3, 0.4) is 0 Å². The number of imidazole rings is 1. The van der Waals surface area contributed by atoms with E-state index in [9.17, 15) is 23.4 Å². The fraction of sp³-hybridized carbons (Fsp3) is 0.368. The van der Waals surface area contributed by atoms with Crippen molar-refractivity contribution in [3.8, 4) is 0 Å². The van der Waals surface area contributed by atoms with Crippen LogP contribution >= 0.6 is 0 Å². The third-order valence-electron chi connectivity index (χ3n) is 5.24. The number of nitrogens with two attached hydrogens (primary N) is 1. The lowest BCUT2D eigenvalue weighted by Crippen LogP contribution is -2.35. The summed E-state index contributed by atoms with van der Waals surface area (Å²) in [6.07, 6.45) is -1.93. The molecule has 2 aromatic heterocycles. The van der Waals surface area contributed by atoms with Crippen LogP contribution < -0.4 is 21.3 Å². The number of hydrogen-bond donors (Lipinski definition) is 6. The maximum absolute atomic E-state index is 11.9. The lowest BCUT2D eigenvalue weighted by Gasteiger charge is -2.16. The summed E-state index contributed by atoms with van der Waals surface area (Å²) in [7, 11) is -3.80. The second-order valence-electron chi connectivity index (χ2n) is 7.57. The first-order valence-corrected chi connectivity index (χ1v) is 11.8. The number of carbonyl (C=O) groups excluding carboxylic acids is 1. The van der Waals surface area contributed by atoms with Crippen molar-refractivity contribution in [3.63, 3.8) is 0 Å². The number of fused-ring (bicyclic) bond motifs is 1. The molecule has 4 rings (SSSR count). The molecule has 1 fully saturated rings. The molecule has 34 heavy (non-hydrogen) atoms. The number of nitrogens with one attached hydrogen (secondary N) is 3. The van der Waals surface area contributed by atoms with Crippen molar-refractivity contribution >= 4 is 38.6 Å². The van der Waals surface area contributed by atoms with E-state index < -0.39 is 34.6 Å². The van der Waals surface area contributed by atoms with Crippen LogP contribution in [0.2, 0.25) is 0 Å². The third-order valence-corrected chi connectivity index (χ3v) is 6.17. The summed E-state index contributed by atoms with van der Waals surface area (Å²) >= 11 is 0. The highest BCUT2D eigenvalue weighted by atomic mass is 32.2. The Balaban J connectivity index is 1.51. The van der Waals surface area contributed by atoms with Gasteiger partial charge in [-0.25, -0.2) is 28.5 Å². The minimum atomic E-state index is -3.80. The van der Waals surface area contributed by atoms with Gasteiger partial charge in [0.05, 0.1) is 29.4 Å². The van der Waals surface area contributed by atoms with Crippen molar-refractivity contribution in [2.75, 3.05) is 17.4 Å². The van der Waals surface area contributed by atoms with Crippen LogP contribution in [-0.2, 0) is 19.6 Å². The number of aliphatic hydroxyl groups is 2. The van der Waals surface area contributed by atoms with Crippen molar-refractivity contribution in [2.45, 2.75) is 42.8 Å². The van der Waals surface area contributed by atoms with Gasteiger partial charge in [0.2, 0.25) is 15.9 Å². The van der Waals surface area contributed by atoms with Crippen LogP contribution in [0.1, 0.15) is 19.6 Å². The number of nitrogens with zero attached hydrogens (tertiary/aromatic N) is 4. The summed E-state index contributed by atoms with van der Waals surface area (Å²) in [5.41, 5.74) is 6.94. The predicted octanol–water partition coefficient (Wildman–Crippen LogP) is -0.942. The Bertz CT molecular complexity index is 1280. The molecule has 0 bridgehead atoms. The van der Waals surface area contributed by atoms with Crippen LogP contribution in [0.15, 0.2) is 41.8 Å². The molecule has 7 N–H and O–H groups in total. The van der Waals surface area contributed by atoms with Crippen LogP contribution in [-0.4, -0.2) is 68.9 Å². The van der Waals surface area contributed by atoms with Crippen LogP contribution in [0.4, 0.5) is 11.5 Å². The topological polar surface area (TPSA) is 207 Å². The molecule has 1 aliphatic rings. The average Bonchev–Trinajstić information content (AvgIpc) is 3.34. The summed E-state index contributed by atoms with van der Waals surface area (Å²) in [5.74, 6) is -0.00180. The van der Waals surface area contributed by atoms with Gasteiger partial charge in [0, 0.05) is 6.54 Å². The van der Waals surface area contributed by atoms with E-state index in [2.05, 4.69) is 31.1 Å². The van der Waals surface area contributed by atoms with E-state index in [1.165, 1.54) is 41.5 Å². The number of hydrogen-bond acceptors (Lipinski definition) is 11. The van der Waals surface area contributed by atoms with Crippen LogP contribution in [0.25, 0.3) is 11.2 Å². The van der Waals surface area contributed by atoms with Crippen molar-refractivity contribution in [1.82, 2.24) is 24.8 Å². The molecular weight excluding hydrogens is 468 g/mol. The fourth-order valence-corrected chi connectivity index (χ4v) is 4.08. The monoisotopic (exact) mass is 492 g/mol. The average molecular weight is 493 g/mol. The van der Waals surface area contributed by atoms with E-state index in [1.807, 2.05) is 0 Å². The van der Waals surface area contributed by atoms with Crippen LogP contribution in [0.5, 0.6) is 0 Å². The summed E-state index contributed by atoms with van der Waals surface area (Å²) in [4.78, 5) is 24.5. The fourth-order valence-electron chi connectivity index (χ4n) is 3.57. The van der Waals surface area contributed by atoms with E-state index in [4.69, 9.17) is 9.88 Å². The second kappa shape index (κ2) is 9.47. The zero-order valence-electron chi connectivity index (χ0n) is 18.0. The Morgan fingerprint density at radius 3 is 2.56 bits per heavy atom. The molecule has 14 nitrogen and oxygen atoms in total. The Kier molecular flexibility index (Phi) is 6.63. The molecule has 1 aromatic carbocycles. The van der Waals surface area contributed by atoms with Gasteiger partial charge in [0.25, 0.3) is 0 Å². The van der Waals surface area contributed by atoms with Crippen molar-refractivity contribution < 1.29 is 28.2 Å². The molecule has 15 heteroatoms. The first kappa shape index (κ1) is 23.8. The second-order valence-corrected chi connectivity index (χ2v) is 9.13. The van der Waals surface area contributed by atoms with Gasteiger partial charge in [-0.15, -0.1) is 0 Å². The lowest BCUT2D eigenvalue weighted by atomic mass is 10.1. The van der Waals surface area contributed by atoms with Gasteiger partial charge < -0.3 is 20.3 Å². The molecule has 0 radical (unpaired) electrons. The number of aliphatic hydroxyl groups excluding tert-OH is 2. The summed E-state index contributed by atoms with van der Waals surface area (Å²) in [5, 5.41) is 28.6. The lowest BCUT2D eigenvalue weighted by molar-refractivity contribution is -0.125. The minimum absolute atomic E-state index is 0.0241. The number of anilines is 2. The van der Waals surface area contributed by atoms with Gasteiger partial charge in [0.1, 0.15) is 18.5 Å². The van der Waals surface area contributed by atoms with Crippen molar-refractivity contribution in [1.29, 1.82) is 0 Å². The van der Waals surface area contributed by atoms with Gasteiger partial charge in [-0.3, -0.25) is 20.2 Å². The first-order valence-electron chi connectivity index (χ1n) is 10.3. The largest absolute Gasteiger partial charge is 0.388 e. The van der Waals surface area contributed by atoms with Gasteiger partial charge in [-0.2, -0.15) is 0 Å². The van der Waals surface area contributed by atoms with Crippen molar-refractivity contribution in [3.05, 3.63) is 36.9 Å². The quantitative estimate of drug-likeness (QED) is 0.211. The molecule has 0 aliphatic carbocycles. The van der Waals surface area contributed by atoms with E-state index in [1.54, 1.807) is 6.92 Å². The molecule has 0 saturated carbocycles. The minimum Gasteiger partial charge on any atom is -0.388 e. The number of amides is 1. The number of ether oxygens (including phenoxy) is 1. The van der Waals surface area contributed by atoms with Gasteiger partial charge in [-0.1, -0.05) is 0 Å². The standard InChI is InChI=1S/C19H24N8O6S/c1-2-21-13(28)7-12-15(29)16(30)19(33-12)27-9-24-14-17(22-8-23-18(14)27)26-25-10-3-5-11(6-4-10)34(20,31)32/h3-6,8-9,12,15-16,19,25,29-30H,2,7H2,1H3,(H,21,28)(H2,20,31,32)(H,22,23,26)/t12-,15+,16+,19?/m1/s1. The molecule has 4 atom stereocenters. The summed E-state index contributed by atoms with van der Waals surface area (Å²) < 4.78 is 30.0. The smallest absolute Gasteiger partial charge is 0.238 e. The summed E-state index contributed by atoms with van der Waals surface area (Å²) in [6, 6.07) is 5.74. The third kappa shape index (κ3) is 4.78. The Hall–Kier alpha value is -3.37. The van der Waals surface area contributed by atoms with Gasteiger partial charge in [-0.05, 0) is 31.2 Å². The molecule has 0 spiro atoms. The number of carbonyl (C=O) groups is 1. The van der Waals surface area contributed by atoms with E-state index in [0.717, 1.165) is 0 Å². The van der Waals surface area contributed by atoms with E-state index >= 15 is 0 Å². The Labute approximate surface area is 194 Å². The number of hydrazine groups is 1. The highest BCUT2D eigenvalue weighted by Gasteiger charge is 2.45. The molecule has 1 saturated heterocycles. The number of rotatable bonds is 8. The maximum Gasteiger partial charge on any atom is 0.238 e. The zero-order valence-corrected chi connectivity index (χ0v) is 18.8. The first-order chi connectivity index (χ1) is 16.2. The zero-order chi connectivity index (χ0) is 24.5. The Morgan fingerprint density at radius 1 is 1.15 bits per heavy atom. The highest BCUT2D eigenvalue weighted by molar-refractivity contribution is 7.89. The molecule has 3 heterocycles. The number of sulfonamides is 1. The predicted molar refractivity (Wildman–Crippen MR) is 120 cm³/mol. The molecule has 3 aromatic rings. The SMILES string of the molecule is CCNC(=O)C[C@H]1OC(n2cnc3c(NNc4ccc(S(N)(=O)=O)cc4)ncnc32)[C@@H](O)[C@H]1O. The van der Waals surface area contributed by atoms with E-state index in [-0.39, 0.29) is 17.2 Å². The number of benzene rings is 1. The van der Waals surface area contributed by atoms with E-state index in [0.29, 0.717) is 29.2 Å². The van der Waals surface area contributed by atoms with Gasteiger partial charge in [0.15, 0.2) is 23.2 Å². The van der Waals surface area contributed by atoms with Crippen molar-refractivity contribution in [2.24, 2.45) is 5.14 Å². The maximum atomic E-state index is 11.9. The molecular formula is C19H24N8O6S. The highest BCUT2D eigenvalue weighted by Crippen LogP contribution is 2.33. The number of aromatic nitrogens is 4. The van der Waals surface area contributed by atoms with Crippen LogP contribution in [0, 0.1) is 0 Å². The summed E-state index contributed by atoms with van der Waals surface area (Å²) in [6.45, 7) is 2.22. The molecule has 1 aliphatic heterocycles. The molecule has 1 amide bonds. The van der Waals surface area contributed by atoms with Gasteiger partial charge >= 0.3 is 0 Å². The molecule has 1 unspecified atom stereocenters. The normalized spacial score (nSPS) is 22.6. The number of primary sulfonamides is 1. The molecule has 182 valence electrons.